The van der Waals surface area contributed by atoms with Gasteiger partial charge < -0.3 is 15.8 Å². The van der Waals surface area contributed by atoms with Gasteiger partial charge in [0.1, 0.15) is 0 Å². The standard InChI is InChI=1S/C12H13BrN2O3/c13-9-4-1-7(5-10(9)14)12(17)18-6-11(16)15-8-2-3-8/h1,4-5,8H,2-3,6,14H2,(H,15,16). The Labute approximate surface area is 113 Å². The summed E-state index contributed by atoms with van der Waals surface area (Å²) >= 11 is 3.23. The SMILES string of the molecule is Nc1cc(C(=O)OCC(=O)NC2CC2)ccc1Br. The fourth-order valence-electron chi connectivity index (χ4n) is 1.38. The zero-order chi connectivity index (χ0) is 13.1. The molecule has 0 radical (unpaired) electrons. The fraction of sp³-hybridized carbons (Fsp3) is 0.333. The Bertz CT molecular complexity index is 486. The van der Waals surface area contributed by atoms with E-state index in [1.165, 1.54) is 6.07 Å². The molecule has 18 heavy (non-hydrogen) atoms. The van der Waals surface area contributed by atoms with E-state index in [1.807, 2.05) is 0 Å². The fourth-order valence-corrected chi connectivity index (χ4v) is 1.63. The third kappa shape index (κ3) is 3.46. The van der Waals surface area contributed by atoms with E-state index in [9.17, 15) is 9.59 Å². The van der Waals surface area contributed by atoms with Gasteiger partial charge in [0.2, 0.25) is 0 Å². The minimum absolute atomic E-state index is 0.259. The second-order valence-corrected chi connectivity index (χ2v) is 5.01. The van der Waals surface area contributed by atoms with Crippen molar-refractivity contribution in [2.45, 2.75) is 18.9 Å². The summed E-state index contributed by atoms with van der Waals surface area (Å²) in [6.07, 6.45) is 2.01. The highest BCUT2D eigenvalue weighted by Crippen LogP contribution is 2.21. The van der Waals surface area contributed by atoms with Crippen LogP contribution < -0.4 is 11.1 Å². The average molecular weight is 313 g/mol. The molecule has 6 heteroatoms. The molecule has 1 aliphatic rings. The Morgan fingerprint density at radius 1 is 1.44 bits per heavy atom. The van der Waals surface area contributed by atoms with Crippen LogP contribution in [0.2, 0.25) is 0 Å². The Morgan fingerprint density at radius 2 is 2.17 bits per heavy atom. The van der Waals surface area contributed by atoms with Crippen molar-refractivity contribution >= 4 is 33.5 Å². The zero-order valence-electron chi connectivity index (χ0n) is 9.61. The summed E-state index contributed by atoms with van der Waals surface area (Å²) in [7, 11) is 0. The topological polar surface area (TPSA) is 81.4 Å². The molecule has 0 spiro atoms. The molecule has 1 amide bonds. The van der Waals surface area contributed by atoms with E-state index >= 15 is 0 Å². The minimum atomic E-state index is -0.555. The summed E-state index contributed by atoms with van der Waals surface area (Å²) in [5.41, 5.74) is 6.43. The monoisotopic (exact) mass is 312 g/mol. The highest BCUT2D eigenvalue weighted by Gasteiger charge is 2.23. The molecule has 0 bridgehead atoms. The Balaban J connectivity index is 1.86. The van der Waals surface area contributed by atoms with Gasteiger partial charge in [-0.1, -0.05) is 0 Å². The van der Waals surface area contributed by atoms with Crippen LogP contribution in [0.1, 0.15) is 23.2 Å². The summed E-state index contributed by atoms with van der Waals surface area (Å²) in [5.74, 6) is -0.823. The van der Waals surface area contributed by atoms with E-state index in [0.29, 0.717) is 15.7 Å². The quantitative estimate of drug-likeness (QED) is 0.651. The maximum atomic E-state index is 11.6. The average Bonchev–Trinajstić information content (AvgIpc) is 3.13. The molecule has 0 aromatic heterocycles. The van der Waals surface area contributed by atoms with E-state index < -0.39 is 5.97 Å². The second kappa shape index (κ2) is 5.39. The van der Waals surface area contributed by atoms with Crippen LogP contribution in [0.15, 0.2) is 22.7 Å². The summed E-state index contributed by atoms with van der Waals surface area (Å²) in [6.45, 7) is -0.259. The predicted molar refractivity (Wildman–Crippen MR) is 70.0 cm³/mol. The number of hydrogen-bond donors (Lipinski definition) is 2. The molecular formula is C12H13BrN2O3. The van der Waals surface area contributed by atoms with Gasteiger partial charge in [0, 0.05) is 16.2 Å². The first kappa shape index (κ1) is 12.9. The van der Waals surface area contributed by atoms with E-state index in [1.54, 1.807) is 12.1 Å². The third-order valence-electron chi connectivity index (χ3n) is 2.51. The number of ether oxygens (including phenoxy) is 1. The van der Waals surface area contributed by atoms with E-state index in [-0.39, 0.29) is 18.6 Å². The molecule has 0 heterocycles. The predicted octanol–water partition coefficient (Wildman–Crippen LogP) is 1.47. The molecule has 96 valence electrons. The van der Waals surface area contributed by atoms with Crippen LogP contribution in [-0.4, -0.2) is 24.5 Å². The number of nitrogens with two attached hydrogens (primary N) is 1. The van der Waals surface area contributed by atoms with Crippen LogP contribution in [0.5, 0.6) is 0 Å². The third-order valence-corrected chi connectivity index (χ3v) is 3.23. The van der Waals surface area contributed by atoms with Gasteiger partial charge >= 0.3 is 5.97 Å². The molecular weight excluding hydrogens is 300 g/mol. The number of hydrogen-bond acceptors (Lipinski definition) is 4. The molecule has 0 atom stereocenters. The maximum absolute atomic E-state index is 11.6. The van der Waals surface area contributed by atoms with Crippen molar-refractivity contribution in [3.63, 3.8) is 0 Å². The number of anilines is 1. The van der Waals surface area contributed by atoms with Crippen LogP contribution in [-0.2, 0) is 9.53 Å². The van der Waals surface area contributed by atoms with Crippen LogP contribution in [0.3, 0.4) is 0 Å². The van der Waals surface area contributed by atoms with Crippen molar-refractivity contribution < 1.29 is 14.3 Å². The summed E-state index contributed by atoms with van der Waals surface area (Å²) in [4.78, 5) is 23.0. The van der Waals surface area contributed by atoms with Crippen LogP contribution in [0, 0.1) is 0 Å². The van der Waals surface area contributed by atoms with Gasteiger partial charge in [-0.25, -0.2) is 4.79 Å². The first-order chi connectivity index (χ1) is 8.56. The number of rotatable bonds is 4. The Kier molecular flexibility index (Phi) is 3.86. The minimum Gasteiger partial charge on any atom is -0.452 e. The van der Waals surface area contributed by atoms with Gasteiger partial charge in [-0.15, -0.1) is 0 Å². The molecule has 5 nitrogen and oxygen atoms in total. The molecule has 1 fully saturated rings. The van der Waals surface area contributed by atoms with Crippen LogP contribution in [0.4, 0.5) is 5.69 Å². The summed E-state index contributed by atoms with van der Waals surface area (Å²) in [6, 6.07) is 5.02. The number of amides is 1. The number of carbonyl (C=O) groups is 2. The van der Waals surface area contributed by atoms with Gasteiger partial charge in [0.05, 0.1) is 5.56 Å². The van der Waals surface area contributed by atoms with Crippen molar-refractivity contribution in [1.29, 1.82) is 0 Å². The molecule has 0 aliphatic heterocycles. The first-order valence-electron chi connectivity index (χ1n) is 5.58. The number of benzene rings is 1. The second-order valence-electron chi connectivity index (χ2n) is 4.15. The smallest absolute Gasteiger partial charge is 0.338 e. The molecule has 1 aliphatic carbocycles. The highest BCUT2D eigenvalue weighted by molar-refractivity contribution is 9.10. The summed E-state index contributed by atoms with van der Waals surface area (Å²) < 4.78 is 5.61. The normalized spacial score (nSPS) is 14.1. The summed E-state index contributed by atoms with van der Waals surface area (Å²) in [5, 5.41) is 2.73. The molecule has 3 N–H and O–H groups in total. The lowest BCUT2D eigenvalue weighted by Gasteiger charge is -2.06. The molecule has 1 aromatic rings. The molecule has 0 saturated heterocycles. The lowest BCUT2D eigenvalue weighted by Crippen LogP contribution is -2.30. The van der Waals surface area contributed by atoms with Gasteiger partial charge in [0.25, 0.3) is 5.91 Å². The van der Waals surface area contributed by atoms with E-state index in [0.717, 1.165) is 12.8 Å². The Hall–Kier alpha value is -1.56. The molecule has 2 rings (SSSR count). The van der Waals surface area contributed by atoms with Crippen molar-refractivity contribution in [1.82, 2.24) is 5.32 Å². The number of carbonyl (C=O) groups excluding carboxylic acids is 2. The van der Waals surface area contributed by atoms with E-state index in [2.05, 4.69) is 21.2 Å². The van der Waals surface area contributed by atoms with Gasteiger partial charge in [-0.05, 0) is 47.0 Å². The maximum Gasteiger partial charge on any atom is 0.338 e. The van der Waals surface area contributed by atoms with Crippen molar-refractivity contribution in [3.05, 3.63) is 28.2 Å². The lowest BCUT2D eigenvalue weighted by atomic mass is 10.2. The van der Waals surface area contributed by atoms with E-state index in [4.69, 9.17) is 10.5 Å². The molecule has 0 unspecified atom stereocenters. The largest absolute Gasteiger partial charge is 0.452 e. The first-order valence-corrected chi connectivity index (χ1v) is 6.37. The van der Waals surface area contributed by atoms with Gasteiger partial charge in [-0.3, -0.25) is 4.79 Å². The van der Waals surface area contributed by atoms with Crippen LogP contribution in [0.25, 0.3) is 0 Å². The number of nitrogen functional groups attached to an aromatic ring is 1. The lowest BCUT2D eigenvalue weighted by molar-refractivity contribution is -0.124. The zero-order valence-corrected chi connectivity index (χ0v) is 11.2. The van der Waals surface area contributed by atoms with Crippen molar-refractivity contribution in [2.75, 3.05) is 12.3 Å². The van der Waals surface area contributed by atoms with Crippen LogP contribution >= 0.6 is 15.9 Å². The van der Waals surface area contributed by atoms with Crippen molar-refractivity contribution in [2.24, 2.45) is 0 Å². The number of halogens is 1. The van der Waals surface area contributed by atoms with Gasteiger partial charge in [0.15, 0.2) is 6.61 Å². The molecule has 1 saturated carbocycles. The number of esters is 1. The van der Waals surface area contributed by atoms with Gasteiger partial charge in [-0.2, -0.15) is 0 Å². The number of nitrogens with one attached hydrogen (secondary N) is 1. The highest BCUT2D eigenvalue weighted by atomic mass is 79.9. The van der Waals surface area contributed by atoms with Crippen molar-refractivity contribution in [3.8, 4) is 0 Å². The molecule has 1 aromatic carbocycles. The Morgan fingerprint density at radius 3 is 2.78 bits per heavy atom.